The van der Waals surface area contributed by atoms with Crippen molar-refractivity contribution in [2.24, 2.45) is 0 Å². The second-order valence-corrected chi connectivity index (χ2v) is 9.48. The van der Waals surface area contributed by atoms with Crippen molar-refractivity contribution in [3.8, 4) is 0 Å². The van der Waals surface area contributed by atoms with Crippen molar-refractivity contribution in [2.75, 3.05) is 6.61 Å². The summed E-state index contributed by atoms with van der Waals surface area (Å²) >= 11 is 0. The molecule has 0 aliphatic heterocycles. The molecule has 0 heterocycles. The fourth-order valence-electron chi connectivity index (χ4n) is 3.54. The summed E-state index contributed by atoms with van der Waals surface area (Å²) in [6.07, 6.45) is -0.159. The highest BCUT2D eigenvalue weighted by atomic mass is 16.5. The number of esters is 1. The van der Waals surface area contributed by atoms with Crippen LogP contribution in [-0.4, -0.2) is 56.6 Å². The van der Waals surface area contributed by atoms with Gasteiger partial charge in [-0.3, -0.25) is 19.2 Å². The number of carboxylic acids is 1. The van der Waals surface area contributed by atoms with Crippen LogP contribution < -0.4 is 0 Å². The largest absolute Gasteiger partial charge is 0.481 e. The molecule has 0 radical (unpaired) electrons. The van der Waals surface area contributed by atoms with Crippen molar-refractivity contribution in [1.82, 2.24) is 0 Å². The van der Waals surface area contributed by atoms with Crippen LogP contribution in [0.2, 0.25) is 0 Å². The highest BCUT2D eigenvalue weighted by molar-refractivity contribution is 6.02. The van der Waals surface area contributed by atoms with Crippen molar-refractivity contribution < 1.29 is 39.2 Å². The lowest BCUT2D eigenvalue weighted by Crippen LogP contribution is -2.31. The number of carbonyl (C=O) groups is 4. The van der Waals surface area contributed by atoms with Crippen molar-refractivity contribution in [2.45, 2.75) is 64.1 Å². The number of benzene rings is 2. The predicted molar refractivity (Wildman–Crippen MR) is 128 cm³/mol. The fourth-order valence-corrected chi connectivity index (χ4v) is 3.54. The van der Waals surface area contributed by atoms with E-state index in [2.05, 4.69) is 0 Å². The molecule has 188 valence electrons. The van der Waals surface area contributed by atoms with Crippen LogP contribution in [0.25, 0.3) is 0 Å². The quantitative estimate of drug-likeness (QED) is 0.307. The summed E-state index contributed by atoms with van der Waals surface area (Å²) in [5.41, 5.74) is -0.666. The third-order valence-electron chi connectivity index (χ3n) is 5.47. The fraction of sp³-hybridized carbons (Fsp3) is 0.407. The molecule has 0 spiro atoms. The molecule has 8 nitrogen and oxygen atoms in total. The number of rotatable bonds is 12. The summed E-state index contributed by atoms with van der Waals surface area (Å²) in [7, 11) is 0. The van der Waals surface area contributed by atoms with Crippen LogP contribution in [0.1, 0.15) is 84.7 Å². The second-order valence-electron chi connectivity index (χ2n) is 9.48. The minimum absolute atomic E-state index is 0.0395. The molecular formula is C27H32O8. The van der Waals surface area contributed by atoms with Crippen molar-refractivity contribution in [3.05, 3.63) is 70.8 Å². The number of aliphatic hydroxyl groups is 2. The van der Waals surface area contributed by atoms with Gasteiger partial charge < -0.3 is 20.1 Å². The van der Waals surface area contributed by atoms with E-state index in [0.717, 1.165) is 11.1 Å². The van der Waals surface area contributed by atoms with Gasteiger partial charge in [0.05, 0.1) is 19.4 Å². The SMILES string of the molecule is CC(C)(O)C(=O)c1ccc(C(CCOC(=O)CCC(=O)O)c2ccc(C(=O)C(C)(C)O)cc2)cc1. The van der Waals surface area contributed by atoms with Gasteiger partial charge in [0.15, 0.2) is 11.6 Å². The van der Waals surface area contributed by atoms with Crippen molar-refractivity contribution >= 4 is 23.5 Å². The van der Waals surface area contributed by atoms with Gasteiger partial charge in [-0.05, 0) is 45.2 Å². The Kier molecular flexibility index (Phi) is 9.06. The average Bonchev–Trinajstić information content (AvgIpc) is 2.78. The molecule has 0 bridgehead atoms. The number of ketones is 2. The van der Waals surface area contributed by atoms with Crippen molar-refractivity contribution in [3.63, 3.8) is 0 Å². The van der Waals surface area contributed by atoms with Crippen LogP contribution >= 0.6 is 0 Å². The van der Waals surface area contributed by atoms with E-state index in [4.69, 9.17) is 9.84 Å². The highest BCUT2D eigenvalue weighted by Gasteiger charge is 2.27. The summed E-state index contributed by atoms with van der Waals surface area (Å²) in [4.78, 5) is 47.2. The number of hydrogen-bond acceptors (Lipinski definition) is 7. The number of carboxylic acid groups (broad SMARTS) is 1. The van der Waals surface area contributed by atoms with Crippen LogP contribution in [0.5, 0.6) is 0 Å². The molecule has 0 fully saturated rings. The van der Waals surface area contributed by atoms with Crippen LogP contribution in [0.3, 0.4) is 0 Å². The van der Waals surface area contributed by atoms with E-state index in [9.17, 15) is 29.4 Å². The maximum absolute atomic E-state index is 12.4. The van der Waals surface area contributed by atoms with Gasteiger partial charge in [0, 0.05) is 17.0 Å². The second kappa shape index (κ2) is 11.4. The molecule has 0 aliphatic rings. The molecule has 3 N–H and O–H groups in total. The minimum Gasteiger partial charge on any atom is -0.481 e. The van der Waals surface area contributed by atoms with Gasteiger partial charge in [-0.1, -0.05) is 48.5 Å². The van der Waals surface area contributed by atoms with Crippen LogP contribution in [0, 0.1) is 0 Å². The van der Waals surface area contributed by atoms with Crippen LogP contribution in [0.15, 0.2) is 48.5 Å². The molecule has 0 atom stereocenters. The van der Waals surface area contributed by atoms with Gasteiger partial charge in [-0.25, -0.2) is 0 Å². The Hall–Kier alpha value is -3.36. The Morgan fingerprint density at radius 3 is 1.49 bits per heavy atom. The number of hydrogen-bond donors (Lipinski definition) is 3. The highest BCUT2D eigenvalue weighted by Crippen LogP contribution is 2.30. The lowest BCUT2D eigenvalue weighted by Gasteiger charge is -2.21. The third-order valence-corrected chi connectivity index (χ3v) is 5.47. The van der Waals surface area contributed by atoms with E-state index < -0.39 is 34.7 Å². The summed E-state index contributed by atoms with van der Waals surface area (Å²) in [5.74, 6) is -2.78. The van der Waals surface area contributed by atoms with E-state index in [0.29, 0.717) is 17.5 Å². The Labute approximate surface area is 204 Å². The molecule has 0 aromatic heterocycles. The molecule has 0 saturated heterocycles. The molecule has 0 unspecified atom stereocenters. The zero-order valence-corrected chi connectivity index (χ0v) is 20.4. The van der Waals surface area contributed by atoms with E-state index in [-0.39, 0.29) is 25.4 Å². The number of ether oxygens (including phenoxy) is 1. The first-order valence-corrected chi connectivity index (χ1v) is 11.3. The molecule has 0 amide bonds. The molecule has 2 aromatic rings. The monoisotopic (exact) mass is 484 g/mol. The molecule has 0 saturated carbocycles. The van der Waals surface area contributed by atoms with Crippen LogP contribution in [0.4, 0.5) is 0 Å². The molecule has 8 heteroatoms. The van der Waals surface area contributed by atoms with Gasteiger partial charge in [0.1, 0.15) is 11.2 Å². The van der Waals surface area contributed by atoms with E-state index in [1.165, 1.54) is 27.7 Å². The summed E-state index contributed by atoms with van der Waals surface area (Å²) in [6.45, 7) is 5.71. The Bertz CT molecular complexity index is 985. The van der Waals surface area contributed by atoms with Gasteiger partial charge in [0.25, 0.3) is 0 Å². The first kappa shape index (κ1) is 27.9. The average molecular weight is 485 g/mol. The number of aliphatic carboxylic acids is 1. The molecule has 0 aliphatic carbocycles. The van der Waals surface area contributed by atoms with Crippen LogP contribution in [-0.2, 0) is 14.3 Å². The Morgan fingerprint density at radius 1 is 0.743 bits per heavy atom. The summed E-state index contributed by atoms with van der Waals surface area (Å²) in [5, 5.41) is 28.7. The predicted octanol–water partition coefficient (Wildman–Crippen LogP) is 3.52. The van der Waals surface area contributed by atoms with Gasteiger partial charge >= 0.3 is 11.9 Å². The number of carbonyl (C=O) groups excluding carboxylic acids is 3. The van der Waals surface area contributed by atoms with E-state index in [1.54, 1.807) is 48.5 Å². The van der Waals surface area contributed by atoms with Gasteiger partial charge in [0.2, 0.25) is 0 Å². The van der Waals surface area contributed by atoms with E-state index >= 15 is 0 Å². The molecule has 35 heavy (non-hydrogen) atoms. The first-order valence-electron chi connectivity index (χ1n) is 11.3. The lowest BCUT2D eigenvalue weighted by molar-refractivity contribution is -0.147. The maximum atomic E-state index is 12.4. The zero-order chi connectivity index (χ0) is 26.4. The third kappa shape index (κ3) is 8.12. The van der Waals surface area contributed by atoms with Gasteiger partial charge in [-0.2, -0.15) is 0 Å². The lowest BCUT2D eigenvalue weighted by atomic mass is 9.86. The summed E-state index contributed by atoms with van der Waals surface area (Å²) in [6, 6.07) is 13.5. The molecular weight excluding hydrogens is 452 g/mol. The molecule has 2 rings (SSSR count). The standard InChI is InChI=1S/C27H32O8/c1-26(2,33)24(31)19-9-5-17(6-10-19)21(15-16-35-23(30)14-13-22(28)29)18-7-11-20(12-8-18)25(32)27(3,4)34/h5-12,21,33-34H,13-16H2,1-4H3,(H,28,29). The minimum atomic E-state index is -1.51. The first-order chi connectivity index (χ1) is 16.2. The zero-order valence-electron chi connectivity index (χ0n) is 20.4. The van der Waals surface area contributed by atoms with Crippen molar-refractivity contribution in [1.29, 1.82) is 0 Å². The Balaban J connectivity index is 2.27. The smallest absolute Gasteiger partial charge is 0.306 e. The maximum Gasteiger partial charge on any atom is 0.306 e. The van der Waals surface area contributed by atoms with Gasteiger partial charge in [-0.15, -0.1) is 0 Å². The molecule has 2 aromatic carbocycles. The number of Topliss-reactive ketones (excluding diaryl/α,β-unsaturated/α-hetero) is 2. The summed E-state index contributed by atoms with van der Waals surface area (Å²) < 4.78 is 5.20. The Morgan fingerprint density at radius 2 is 1.14 bits per heavy atom. The van der Waals surface area contributed by atoms with E-state index in [1.807, 2.05) is 0 Å². The topological polar surface area (TPSA) is 138 Å². The normalized spacial score (nSPS) is 11.9.